The Bertz CT molecular complexity index is 763. The first-order valence-electron chi connectivity index (χ1n) is 6.91. The second kappa shape index (κ2) is 6.07. The number of aliphatic imine (C=N–C) groups is 1. The van der Waals surface area contributed by atoms with Crippen LogP contribution in [-0.2, 0) is 10.3 Å². The van der Waals surface area contributed by atoms with Gasteiger partial charge >= 0.3 is 0 Å². The summed E-state index contributed by atoms with van der Waals surface area (Å²) in [6, 6.07) is 8.54. The van der Waals surface area contributed by atoms with Gasteiger partial charge in [0, 0.05) is 21.8 Å². The highest BCUT2D eigenvalue weighted by molar-refractivity contribution is 6.35. The van der Waals surface area contributed by atoms with E-state index in [0.29, 0.717) is 21.3 Å². The molecular formula is C16H14Cl2FN3O. The number of benzene rings is 1. The van der Waals surface area contributed by atoms with Crippen molar-refractivity contribution in [3.05, 3.63) is 52.1 Å². The molecule has 2 atom stereocenters. The maximum Gasteiger partial charge on any atom is 0.228 e. The molecule has 0 amide bonds. The lowest BCUT2D eigenvalue weighted by Gasteiger charge is -2.33. The zero-order valence-corrected chi connectivity index (χ0v) is 13.8. The van der Waals surface area contributed by atoms with Crippen molar-refractivity contribution in [2.45, 2.75) is 18.8 Å². The largest absolute Gasteiger partial charge is 0.385 e. The number of nitrogens with two attached hydrogens (primary N) is 1. The maximum atomic E-state index is 14.3. The summed E-state index contributed by atoms with van der Waals surface area (Å²) in [5.41, 5.74) is 6.44. The Balaban J connectivity index is 2.08. The molecule has 0 spiro atoms. The van der Waals surface area contributed by atoms with Gasteiger partial charge in [0.15, 0.2) is 0 Å². The van der Waals surface area contributed by atoms with Gasteiger partial charge in [0.1, 0.15) is 18.0 Å². The van der Waals surface area contributed by atoms with Crippen molar-refractivity contribution < 1.29 is 9.13 Å². The number of pyridine rings is 1. The number of nitrogens with zero attached hydrogens (tertiary/aromatic N) is 2. The van der Waals surface area contributed by atoms with Gasteiger partial charge in [0.25, 0.3) is 0 Å². The summed E-state index contributed by atoms with van der Waals surface area (Å²) in [7, 11) is 0. The summed E-state index contributed by atoms with van der Waals surface area (Å²) < 4.78 is 19.4. The Kier molecular flexibility index (Phi) is 4.27. The third-order valence-corrected chi connectivity index (χ3v) is 4.13. The molecule has 2 heterocycles. The fraction of sp³-hybridized carbons (Fsp3) is 0.250. The first kappa shape index (κ1) is 16.2. The molecule has 0 aliphatic carbocycles. The lowest BCUT2D eigenvalue weighted by molar-refractivity contribution is -0.0796. The molecule has 1 aromatic heterocycles. The molecule has 0 saturated carbocycles. The van der Waals surface area contributed by atoms with Crippen molar-refractivity contribution >= 4 is 29.0 Å². The first-order chi connectivity index (χ1) is 10.9. The van der Waals surface area contributed by atoms with Gasteiger partial charge in [-0.15, -0.1) is 0 Å². The molecule has 23 heavy (non-hydrogen) atoms. The topological polar surface area (TPSA) is 60.5 Å². The highest BCUT2D eigenvalue weighted by Crippen LogP contribution is 2.36. The van der Waals surface area contributed by atoms with Crippen LogP contribution in [0.1, 0.15) is 12.5 Å². The van der Waals surface area contributed by atoms with Gasteiger partial charge in [0.2, 0.25) is 6.36 Å². The fourth-order valence-electron chi connectivity index (χ4n) is 2.50. The number of rotatable bonds is 2. The summed E-state index contributed by atoms with van der Waals surface area (Å²) in [6.45, 7) is 1.62. The smallest absolute Gasteiger partial charge is 0.228 e. The quantitative estimate of drug-likeness (QED) is 0.888. The Hall–Kier alpha value is -1.69. The van der Waals surface area contributed by atoms with E-state index in [9.17, 15) is 4.39 Å². The third-order valence-electron chi connectivity index (χ3n) is 3.70. The minimum atomic E-state index is -1.59. The van der Waals surface area contributed by atoms with E-state index in [2.05, 4.69) is 9.98 Å². The third kappa shape index (κ3) is 3.17. The highest BCUT2D eigenvalue weighted by Gasteiger charge is 2.40. The number of alkyl halides is 1. The number of hydrogen-bond donors (Lipinski definition) is 1. The van der Waals surface area contributed by atoms with Crippen LogP contribution < -0.4 is 5.73 Å². The van der Waals surface area contributed by atoms with E-state index >= 15 is 0 Å². The second-order valence-corrected chi connectivity index (χ2v) is 6.34. The van der Waals surface area contributed by atoms with Crippen LogP contribution >= 0.6 is 23.2 Å². The molecule has 1 aliphatic rings. The average Bonchev–Trinajstić information content (AvgIpc) is 2.50. The second-order valence-electron chi connectivity index (χ2n) is 5.47. The first-order valence-corrected chi connectivity index (χ1v) is 7.67. The van der Waals surface area contributed by atoms with Gasteiger partial charge in [-0.25, -0.2) is 4.39 Å². The molecule has 2 unspecified atom stereocenters. The summed E-state index contributed by atoms with van der Waals surface area (Å²) >= 11 is 12.1. The maximum absolute atomic E-state index is 14.3. The number of halogens is 3. The monoisotopic (exact) mass is 353 g/mol. The molecule has 1 aromatic carbocycles. The highest BCUT2D eigenvalue weighted by atomic mass is 35.5. The number of amidine groups is 1. The Labute approximate surface area is 143 Å². The van der Waals surface area contributed by atoms with Crippen LogP contribution in [0.25, 0.3) is 11.3 Å². The zero-order valence-electron chi connectivity index (χ0n) is 12.3. The molecule has 2 N–H and O–H groups in total. The lowest BCUT2D eigenvalue weighted by atomic mass is 9.91. The van der Waals surface area contributed by atoms with E-state index in [-0.39, 0.29) is 12.4 Å². The number of hydrogen-bond acceptors (Lipinski definition) is 4. The average molecular weight is 354 g/mol. The molecular weight excluding hydrogens is 340 g/mol. The van der Waals surface area contributed by atoms with Gasteiger partial charge in [-0.1, -0.05) is 23.2 Å². The number of aromatic nitrogens is 1. The van der Waals surface area contributed by atoms with Gasteiger partial charge in [-0.05, 0) is 42.8 Å². The van der Waals surface area contributed by atoms with E-state index in [1.807, 2.05) is 0 Å². The molecule has 120 valence electrons. The predicted octanol–water partition coefficient (Wildman–Crippen LogP) is 3.95. The number of ether oxygens (including phenoxy) is 1. The molecule has 2 aromatic rings. The zero-order chi connectivity index (χ0) is 16.6. The molecule has 0 saturated heterocycles. The SMILES string of the molecule is CC1(c2ccnc(-c3cc(Cl)cc(Cl)c3)c2)N=C(N)COC1F. The van der Waals surface area contributed by atoms with Crippen molar-refractivity contribution in [1.29, 1.82) is 0 Å². The summed E-state index contributed by atoms with van der Waals surface area (Å²) in [5.74, 6) is 0.255. The summed E-state index contributed by atoms with van der Waals surface area (Å²) in [4.78, 5) is 8.55. The molecule has 0 fully saturated rings. The summed E-state index contributed by atoms with van der Waals surface area (Å²) in [6.07, 6.45) is -0.00870. The Morgan fingerprint density at radius 2 is 1.96 bits per heavy atom. The van der Waals surface area contributed by atoms with Crippen molar-refractivity contribution in [2.24, 2.45) is 10.7 Å². The van der Waals surface area contributed by atoms with Crippen LogP contribution in [0, 0.1) is 0 Å². The molecule has 4 nitrogen and oxygen atoms in total. The molecule has 7 heteroatoms. The van der Waals surface area contributed by atoms with Gasteiger partial charge in [-0.3, -0.25) is 9.98 Å². The standard InChI is InChI=1S/C16H14Cl2FN3O/c1-16(15(19)23-8-14(20)22-16)10-2-3-21-13(6-10)9-4-11(17)7-12(18)5-9/h2-7,15H,8H2,1H3,(H2,20,22). The van der Waals surface area contributed by atoms with Gasteiger partial charge in [-0.2, -0.15) is 0 Å². The summed E-state index contributed by atoms with van der Waals surface area (Å²) in [5, 5.41) is 0.995. The van der Waals surface area contributed by atoms with Crippen LogP contribution in [0.15, 0.2) is 41.5 Å². The van der Waals surface area contributed by atoms with E-state index in [1.54, 1.807) is 43.5 Å². The van der Waals surface area contributed by atoms with E-state index in [1.165, 1.54) is 0 Å². The van der Waals surface area contributed by atoms with Crippen LogP contribution in [-0.4, -0.2) is 23.8 Å². The van der Waals surface area contributed by atoms with Crippen LogP contribution in [0.5, 0.6) is 0 Å². The minimum absolute atomic E-state index is 0.0153. The Morgan fingerprint density at radius 3 is 2.65 bits per heavy atom. The lowest BCUT2D eigenvalue weighted by Crippen LogP contribution is -2.43. The van der Waals surface area contributed by atoms with Crippen molar-refractivity contribution in [3.63, 3.8) is 0 Å². The fourth-order valence-corrected chi connectivity index (χ4v) is 3.03. The Morgan fingerprint density at radius 1 is 1.26 bits per heavy atom. The van der Waals surface area contributed by atoms with Crippen LogP contribution in [0.3, 0.4) is 0 Å². The molecule has 1 aliphatic heterocycles. The molecule has 3 rings (SSSR count). The van der Waals surface area contributed by atoms with Crippen molar-refractivity contribution in [1.82, 2.24) is 4.98 Å². The van der Waals surface area contributed by atoms with Crippen LogP contribution in [0.4, 0.5) is 4.39 Å². The normalized spacial score (nSPS) is 24.3. The van der Waals surface area contributed by atoms with Crippen molar-refractivity contribution in [3.8, 4) is 11.3 Å². The van der Waals surface area contributed by atoms with Crippen LogP contribution in [0.2, 0.25) is 10.0 Å². The minimum Gasteiger partial charge on any atom is -0.385 e. The van der Waals surface area contributed by atoms with E-state index < -0.39 is 11.9 Å². The van der Waals surface area contributed by atoms with Gasteiger partial charge in [0.05, 0.1) is 5.69 Å². The van der Waals surface area contributed by atoms with E-state index in [4.69, 9.17) is 33.7 Å². The van der Waals surface area contributed by atoms with E-state index in [0.717, 1.165) is 5.56 Å². The van der Waals surface area contributed by atoms with Crippen molar-refractivity contribution in [2.75, 3.05) is 6.61 Å². The molecule has 0 bridgehead atoms. The van der Waals surface area contributed by atoms with Gasteiger partial charge < -0.3 is 10.5 Å². The predicted molar refractivity (Wildman–Crippen MR) is 89.5 cm³/mol. The molecule has 0 radical (unpaired) electrons.